The zero-order chi connectivity index (χ0) is 18.7. The Morgan fingerprint density at radius 3 is 2.07 bits per heavy atom. The summed E-state index contributed by atoms with van der Waals surface area (Å²) in [4.78, 5) is 16.7. The summed E-state index contributed by atoms with van der Waals surface area (Å²) in [6, 6.07) is 13.9. The molecule has 0 amide bonds. The average molecular weight is 647 g/mol. The minimum Gasteiger partial charge on any atom is -2.00 e. The molecule has 0 bridgehead atoms. The van der Waals surface area contributed by atoms with Crippen molar-refractivity contribution >= 4 is 0 Å². The van der Waals surface area contributed by atoms with Gasteiger partial charge < -0.3 is 42.3 Å². The van der Waals surface area contributed by atoms with Crippen LogP contribution in [0.25, 0.3) is 22.9 Å². The number of hydrogen-bond donors (Lipinski definition) is 1. The number of nitrogens with one attached hydrogen (secondary N) is 1. The van der Waals surface area contributed by atoms with Gasteiger partial charge in [-0.2, -0.15) is 10.4 Å². The van der Waals surface area contributed by atoms with Crippen LogP contribution in [-0.2, 0) is 16.4 Å². The van der Waals surface area contributed by atoms with Gasteiger partial charge in [-0.15, -0.1) is 0 Å². The van der Waals surface area contributed by atoms with Crippen LogP contribution in [0.3, 0.4) is 0 Å². The zero-order valence-corrected chi connectivity index (χ0v) is 19.5. The molecule has 0 saturated heterocycles. The second-order valence-corrected chi connectivity index (χ2v) is 4.17. The van der Waals surface area contributed by atoms with Crippen LogP contribution in [0.2, 0.25) is 0 Å². The average Bonchev–Trinajstić information content (AvgIpc) is 3.06. The molecule has 0 spiro atoms. The molecule has 0 aliphatic rings. The van der Waals surface area contributed by atoms with Crippen LogP contribution in [0.5, 0.6) is 5.75 Å². The van der Waals surface area contributed by atoms with Crippen LogP contribution >= 0.6 is 0 Å². The molecule has 14 nitrogen and oxygen atoms in total. The van der Waals surface area contributed by atoms with Gasteiger partial charge in [0.1, 0.15) is 5.69 Å². The molecule has 164 valence electrons. The van der Waals surface area contributed by atoms with Crippen LogP contribution in [0, 0.1) is 57.8 Å². The van der Waals surface area contributed by atoms with Crippen molar-refractivity contribution in [2.75, 3.05) is 0 Å². The number of H-pyrrole nitrogens is 1. The summed E-state index contributed by atoms with van der Waals surface area (Å²) in [5.74, 6) is 0.858. The van der Waals surface area contributed by atoms with Crippen LogP contribution in [-0.4, -0.2) is 30.7 Å². The van der Waals surface area contributed by atoms with E-state index in [-0.39, 0.29) is 58.8 Å². The molecule has 1 aromatic carbocycles. The molecule has 6 N–H and O–H groups in total. The maximum Gasteiger partial charge on any atom is 0.200 e. The first kappa shape index (κ1) is 37.6. The van der Waals surface area contributed by atoms with E-state index in [9.17, 15) is 5.11 Å². The summed E-state index contributed by atoms with van der Waals surface area (Å²) < 4.78 is 0. The fourth-order valence-electron chi connectivity index (χ4n) is 1.65. The fraction of sp³-hybridized carbons (Fsp3) is 0.0667. The Bertz CT molecular complexity index is 856. The molecule has 0 saturated carbocycles. The molecule has 0 aliphatic carbocycles. The summed E-state index contributed by atoms with van der Waals surface area (Å²) >= 11 is 0. The van der Waals surface area contributed by atoms with Crippen molar-refractivity contribution in [2.45, 2.75) is 6.92 Å². The van der Waals surface area contributed by atoms with Gasteiger partial charge in [0.15, 0.2) is 11.6 Å². The topological polar surface area (TPSA) is 289 Å². The molecule has 0 fully saturated rings. The molecule has 0 atom stereocenters. The van der Waals surface area contributed by atoms with Crippen LogP contribution in [0.15, 0.2) is 48.7 Å². The molecule has 0 radical (unpaired) electrons. The summed E-state index contributed by atoms with van der Waals surface area (Å²) in [6.07, 6.45) is 1.67. The normalized spacial score (nSPS) is 7.33. The first-order chi connectivity index (χ1) is 12.0. The Balaban J connectivity index is -0.000000155. The summed E-state index contributed by atoms with van der Waals surface area (Å²) in [7, 11) is 0. The Hall–Kier alpha value is -3.11. The molecule has 3 aromatic rings. The minimum absolute atomic E-state index is 0. The zero-order valence-electron chi connectivity index (χ0n) is 15.4. The van der Waals surface area contributed by atoms with Gasteiger partial charge in [0.05, 0.1) is 11.2 Å². The number of para-hydroxylation sites is 1. The summed E-state index contributed by atoms with van der Waals surface area (Å²) in [5, 5.41) is 40.6. The van der Waals surface area contributed by atoms with E-state index in [4.69, 9.17) is 20.6 Å². The minimum atomic E-state index is -1.75. The third-order valence-corrected chi connectivity index (χ3v) is 2.52. The van der Waals surface area contributed by atoms with Gasteiger partial charge in [0.25, 0.3) is 0 Å². The Morgan fingerprint density at radius 2 is 1.60 bits per heavy atom. The van der Waals surface area contributed by atoms with Gasteiger partial charge in [-0.3, -0.25) is 10.1 Å². The smallest absolute Gasteiger partial charge is 0.200 e. The van der Waals surface area contributed by atoms with E-state index in [2.05, 4.69) is 20.2 Å². The van der Waals surface area contributed by atoms with Crippen molar-refractivity contribution < 1.29 is 63.2 Å². The predicted molar refractivity (Wildman–Crippen MR) is 96.0 cm³/mol. The largest absolute Gasteiger partial charge is 2.00 e. The molecule has 0 aliphatic heterocycles. The monoisotopic (exact) mass is 647 g/mol. The summed E-state index contributed by atoms with van der Waals surface area (Å²) in [5.41, 5.74) is 1.18. The molecular weight excluding hydrogens is 630 g/mol. The van der Waals surface area contributed by atoms with E-state index >= 15 is 0 Å². The number of benzene rings is 1. The van der Waals surface area contributed by atoms with Gasteiger partial charge in [-0.05, 0) is 12.1 Å². The second-order valence-electron chi connectivity index (χ2n) is 4.17. The Kier molecular flexibility index (Phi) is 25.9. The van der Waals surface area contributed by atoms with Crippen molar-refractivity contribution in [1.82, 2.24) is 20.2 Å². The molecule has 3 rings (SSSR count). The molecule has 15 heteroatoms. The van der Waals surface area contributed by atoms with Crippen molar-refractivity contribution in [1.29, 1.82) is 5.26 Å². The van der Waals surface area contributed by atoms with E-state index in [0.717, 1.165) is 0 Å². The van der Waals surface area contributed by atoms with Gasteiger partial charge in [-0.25, -0.2) is 4.98 Å². The number of pyridine rings is 1. The van der Waals surface area contributed by atoms with Gasteiger partial charge in [-0.1, -0.05) is 36.1 Å². The number of nitrogens with zero attached hydrogens (tertiary/aromatic N) is 5. The predicted octanol–water partition coefficient (Wildman–Crippen LogP) is -0.0861. The van der Waals surface area contributed by atoms with Crippen molar-refractivity contribution in [3.63, 3.8) is 0 Å². The molecule has 30 heavy (non-hydrogen) atoms. The molecule has 2 heterocycles. The quantitative estimate of drug-likeness (QED) is 0.222. The van der Waals surface area contributed by atoms with Gasteiger partial charge in [0, 0.05) is 49.8 Å². The van der Waals surface area contributed by atoms with Gasteiger partial charge in [0.2, 0.25) is 0 Å². The van der Waals surface area contributed by atoms with E-state index in [1.54, 1.807) is 30.5 Å². The Morgan fingerprint density at radius 1 is 1.10 bits per heavy atom. The van der Waals surface area contributed by atoms with Crippen LogP contribution in [0.1, 0.15) is 6.92 Å². The first-order valence-electron chi connectivity index (χ1n) is 6.72. The van der Waals surface area contributed by atoms with E-state index in [1.807, 2.05) is 18.2 Å². The van der Waals surface area contributed by atoms with Crippen molar-refractivity contribution in [3.8, 4) is 34.7 Å². The van der Waals surface area contributed by atoms with Crippen LogP contribution < -0.4 is 5.11 Å². The maximum absolute atomic E-state index is 11.7. The van der Waals surface area contributed by atoms with E-state index in [1.165, 1.54) is 13.0 Å². The number of aromatic nitrogens is 4. The number of rotatable bonds is 2. The molecular formula is C15H17N6O8U-5. The number of hydrogen-bond acceptors (Lipinski definition) is 8. The first-order valence-corrected chi connectivity index (χ1v) is 6.72. The standard InChI is InChI=1S/C13H10N4O.C2H3N.NO3.2H2O.2O.U/c18-11-7-2-1-5-9(11)12-15-13(17-16-12)10-6-3-4-8-14-10;1-2-3;2-1(3)4;;;;;/h1-8,18H,(H,15,16,17);1H3;;2*1H2;;;/q;;-1;;;2*-2;. The van der Waals surface area contributed by atoms with E-state index < -0.39 is 5.09 Å². The van der Waals surface area contributed by atoms with E-state index in [0.29, 0.717) is 22.9 Å². The third-order valence-electron chi connectivity index (χ3n) is 2.52. The number of nitriles is 1. The van der Waals surface area contributed by atoms with Crippen molar-refractivity contribution in [3.05, 3.63) is 64.0 Å². The Labute approximate surface area is 194 Å². The third kappa shape index (κ3) is 13.1. The summed E-state index contributed by atoms with van der Waals surface area (Å²) in [6.45, 7) is 1.43. The van der Waals surface area contributed by atoms with Gasteiger partial charge >= 0.3 is 0 Å². The number of aromatic amines is 1. The molecule has 2 aromatic heterocycles. The second kappa shape index (κ2) is 20.6. The fourth-order valence-corrected chi connectivity index (χ4v) is 1.65. The van der Waals surface area contributed by atoms with Crippen LogP contribution in [0.4, 0.5) is 0 Å². The van der Waals surface area contributed by atoms with Crippen molar-refractivity contribution in [2.24, 2.45) is 0 Å². The molecule has 0 unspecified atom stereocenters. The maximum atomic E-state index is 11.7. The SMILES string of the molecule is CC#N.O.O=[N+]([O-])[O-].[O-2].[O-2].[O-]c1ccccc1-c1nc(-c2ccccn2)n[nH]1.[OH3+].[U].